The number of nitrogens with one attached hydrogen (secondary N) is 1. The molecule has 35 heavy (non-hydrogen) atoms. The smallest absolute Gasteiger partial charge is 0.249 e. The van der Waals surface area contributed by atoms with Crippen LogP contribution in [0.15, 0.2) is 66.9 Å². The summed E-state index contributed by atoms with van der Waals surface area (Å²) >= 11 is 6.14. The van der Waals surface area contributed by atoms with Crippen LogP contribution in [0.25, 0.3) is 11.0 Å². The first-order valence-electron chi connectivity index (χ1n) is 11.5. The van der Waals surface area contributed by atoms with E-state index in [0.717, 1.165) is 11.9 Å². The number of carbonyl (C=O) groups is 2. The monoisotopic (exact) mass is 492 g/mol. The van der Waals surface area contributed by atoms with Crippen molar-refractivity contribution in [1.29, 1.82) is 0 Å². The minimum atomic E-state index is -0.913. The number of benzene rings is 2. The third-order valence-corrected chi connectivity index (χ3v) is 6.45. The molecule has 0 unspecified atom stereocenters. The van der Waals surface area contributed by atoms with Crippen molar-refractivity contribution in [3.05, 3.63) is 77.6 Å². The Kier molecular flexibility index (Phi) is 6.93. The van der Waals surface area contributed by atoms with Gasteiger partial charge in [-0.3, -0.25) is 14.5 Å². The molecule has 0 bridgehead atoms. The van der Waals surface area contributed by atoms with Crippen molar-refractivity contribution in [3.63, 3.8) is 0 Å². The van der Waals surface area contributed by atoms with E-state index in [9.17, 15) is 9.59 Å². The molecule has 1 N–H and O–H groups in total. The van der Waals surface area contributed by atoms with Gasteiger partial charge in [0.2, 0.25) is 11.8 Å². The number of aryl methyl sites for hydroxylation is 1. The molecule has 0 aliphatic heterocycles. The van der Waals surface area contributed by atoms with Gasteiger partial charge in [0, 0.05) is 29.5 Å². The topological polar surface area (TPSA) is 85.0 Å². The van der Waals surface area contributed by atoms with Gasteiger partial charge in [-0.1, -0.05) is 35.9 Å². The summed E-state index contributed by atoms with van der Waals surface area (Å²) < 4.78 is 3.40. The molecular formula is C26H29ClN6O2. The molecule has 4 rings (SSSR count). The molecular weight excluding hydrogens is 464 g/mol. The van der Waals surface area contributed by atoms with Crippen molar-refractivity contribution in [2.75, 3.05) is 4.90 Å². The van der Waals surface area contributed by atoms with E-state index in [0.29, 0.717) is 21.9 Å². The lowest BCUT2D eigenvalue weighted by atomic mass is 10.00. The number of nitrogens with zero attached hydrogens (tertiary/aromatic N) is 5. The van der Waals surface area contributed by atoms with Gasteiger partial charge in [-0.05, 0) is 68.8 Å². The predicted molar refractivity (Wildman–Crippen MR) is 137 cm³/mol. The largest absolute Gasteiger partial charge is 0.352 e. The predicted octanol–water partition coefficient (Wildman–Crippen LogP) is 4.50. The molecule has 182 valence electrons. The minimum Gasteiger partial charge on any atom is -0.352 e. The van der Waals surface area contributed by atoms with Gasteiger partial charge in [-0.2, -0.15) is 0 Å². The average molecular weight is 493 g/mol. The molecule has 0 aliphatic rings. The number of carbonyl (C=O) groups excluding carboxylic acids is 2. The highest BCUT2D eigenvalue weighted by molar-refractivity contribution is 6.30. The molecule has 0 spiro atoms. The van der Waals surface area contributed by atoms with Crippen LogP contribution >= 0.6 is 11.6 Å². The molecule has 0 saturated heterocycles. The summed E-state index contributed by atoms with van der Waals surface area (Å²) in [5.74, 6) is -0.580. The summed E-state index contributed by atoms with van der Waals surface area (Å²) in [6.45, 7) is 5.84. The zero-order valence-corrected chi connectivity index (χ0v) is 21.0. The molecule has 0 saturated carbocycles. The number of fused-ring (bicyclic) bond motifs is 1. The maximum atomic E-state index is 13.9. The maximum Gasteiger partial charge on any atom is 0.249 e. The molecule has 0 radical (unpaired) electrons. The Morgan fingerprint density at radius 1 is 1.09 bits per heavy atom. The summed E-state index contributed by atoms with van der Waals surface area (Å²) in [7, 11) is 1.86. The van der Waals surface area contributed by atoms with Crippen LogP contribution in [0.5, 0.6) is 0 Å². The fraction of sp³-hybridized carbons (Fsp3) is 0.308. The number of para-hydroxylation sites is 1. The van der Waals surface area contributed by atoms with Gasteiger partial charge in [-0.15, -0.1) is 5.10 Å². The highest BCUT2D eigenvalue weighted by atomic mass is 35.5. The van der Waals surface area contributed by atoms with E-state index < -0.39 is 11.6 Å². The Morgan fingerprint density at radius 3 is 2.46 bits per heavy atom. The molecule has 4 aromatic rings. The summed E-state index contributed by atoms with van der Waals surface area (Å²) in [4.78, 5) is 29.2. The van der Waals surface area contributed by atoms with Crippen molar-refractivity contribution >= 4 is 40.1 Å². The first kappa shape index (κ1) is 24.5. The number of amides is 2. The summed E-state index contributed by atoms with van der Waals surface area (Å²) in [6, 6.07) is 17.1. The second-order valence-electron chi connectivity index (χ2n) is 9.15. The van der Waals surface area contributed by atoms with Gasteiger partial charge in [0.15, 0.2) is 6.04 Å². The quantitative estimate of drug-likeness (QED) is 0.392. The van der Waals surface area contributed by atoms with Crippen LogP contribution in [0.3, 0.4) is 0 Å². The zero-order chi connectivity index (χ0) is 25.2. The number of hydrogen-bond donors (Lipinski definition) is 1. The second kappa shape index (κ2) is 9.92. The highest BCUT2D eigenvalue weighted by Gasteiger charge is 2.36. The Hall–Kier alpha value is -3.65. The maximum absolute atomic E-state index is 13.9. The minimum absolute atomic E-state index is 0.0888. The third-order valence-electron chi connectivity index (χ3n) is 6.19. The Morgan fingerprint density at radius 2 is 1.80 bits per heavy atom. The van der Waals surface area contributed by atoms with Gasteiger partial charge in [0.25, 0.3) is 0 Å². The molecule has 8 nitrogen and oxygen atoms in total. The first-order chi connectivity index (χ1) is 16.7. The normalized spacial score (nSPS) is 12.5. The van der Waals surface area contributed by atoms with Crippen molar-refractivity contribution in [2.45, 2.75) is 45.3 Å². The Labute approximate surface area is 209 Å². The lowest BCUT2D eigenvalue weighted by molar-refractivity contribution is -0.128. The van der Waals surface area contributed by atoms with E-state index in [-0.39, 0.29) is 18.4 Å². The average Bonchev–Trinajstić information content (AvgIpc) is 3.44. The molecule has 2 aromatic carbocycles. The van der Waals surface area contributed by atoms with Gasteiger partial charge >= 0.3 is 0 Å². The summed E-state index contributed by atoms with van der Waals surface area (Å²) in [5.41, 5.74) is 2.22. The number of rotatable bonds is 8. The zero-order valence-electron chi connectivity index (χ0n) is 20.3. The molecule has 9 heteroatoms. The molecule has 2 amide bonds. The van der Waals surface area contributed by atoms with E-state index in [4.69, 9.17) is 11.6 Å². The number of aromatic nitrogens is 4. The fourth-order valence-electron chi connectivity index (χ4n) is 3.91. The lowest BCUT2D eigenvalue weighted by Crippen LogP contribution is -2.51. The van der Waals surface area contributed by atoms with Crippen LogP contribution < -0.4 is 10.2 Å². The van der Waals surface area contributed by atoms with E-state index in [2.05, 4.69) is 15.6 Å². The van der Waals surface area contributed by atoms with E-state index in [1.807, 2.05) is 75.0 Å². The Bertz CT molecular complexity index is 1340. The van der Waals surface area contributed by atoms with Gasteiger partial charge in [-0.25, -0.2) is 4.68 Å². The van der Waals surface area contributed by atoms with Gasteiger partial charge in [0.05, 0.1) is 11.2 Å². The van der Waals surface area contributed by atoms with Crippen molar-refractivity contribution < 1.29 is 9.59 Å². The first-order valence-corrected chi connectivity index (χ1v) is 11.9. The molecule has 1 atom stereocenters. The van der Waals surface area contributed by atoms with E-state index >= 15 is 0 Å². The van der Waals surface area contributed by atoms with E-state index in [1.54, 1.807) is 28.9 Å². The lowest BCUT2D eigenvalue weighted by Gasteiger charge is -2.34. The number of anilines is 1. The van der Waals surface area contributed by atoms with Crippen LogP contribution in [0.2, 0.25) is 5.02 Å². The molecule has 2 aromatic heterocycles. The van der Waals surface area contributed by atoms with Crippen LogP contribution in [-0.4, -0.2) is 36.9 Å². The van der Waals surface area contributed by atoms with E-state index in [1.165, 1.54) is 4.90 Å². The second-order valence-corrected chi connectivity index (χ2v) is 9.59. The highest BCUT2D eigenvalue weighted by Crippen LogP contribution is 2.30. The standard InChI is InChI=1S/C26H29ClN6O2/c1-5-26(2,3)28-25(35)24(22-11-8-16-31(22)4)33(19-14-12-18(27)13-15-19)23(34)17-32-21-10-7-6-9-20(21)29-30-32/h6-16,24H,5,17H2,1-4H3,(H,28,35)/t24-/m1/s1. The van der Waals surface area contributed by atoms with Crippen LogP contribution in [0, 0.1) is 0 Å². The summed E-state index contributed by atoms with van der Waals surface area (Å²) in [5, 5.41) is 12.0. The van der Waals surface area contributed by atoms with Gasteiger partial charge < -0.3 is 9.88 Å². The van der Waals surface area contributed by atoms with Crippen molar-refractivity contribution in [2.24, 2.45) is 7.05 Å². The molecule has 0 fully saturated rings. The molecule has 2 heterocycles. The van der Waals surface area contributed by atoms with Crippen LogP contribution in [0.1, 0.15) is 38.9 Å². The number of halogens is 1. The number of hydrogen-bond acceptors (Lipinski definition) is 4. The van der Waals surface area contributed by atoms with Crippen LogP contribution in [-0.2, 0) is 23.2 Å². The van der Waals surface area contributed by atoms with Crippen LogP contribution in [0.4, 0.5) is 5.69 Å². The van der Waals surface area contributed by atoms with Crippen molar-refractivity contribution in [3.8, 4) is 0 Å². The Balaban J connectivity index is 1.80. The summed E-state index contributed by atoms with van der Waals surface area (Å²) in [6.07, 6.45) is 2.59. The third kappa shape index (κ3) is 5.22. The van der Waals surface area contributed by atoms with Gasteiger partial charge in [0.1, 0.15) is 12.1 Å². The fourth-order valence-corrected chi connectivity index (χ4v) is 4.04. The SMILES string of the molecule is CCC(C)(C)NC(=O)[C@@H](c1cccn1C)N(C(=O)Cn1nnc2ccccc21)c1ccc(Cl)cc1. The molecule has 0 aliphatic carbocycles. The van der Waals surface area contributed by atoms with Crippen molar-refractivity contribution in [1.82, 2.24) is 24.9 Å².